The van der Waals surface area contributed by atoms with Crippen molar-refractivity contribution < 1.29 is 9.53 Å². The summed E-state index contributed by atoms with van der Waals surface area (Å²) in [7, 11) is 0. The molecule has 0 atom stereocenters. The van der Waals surface area contributed by atoms with Crippen LogP contribution in [0.15, 0.2) is 12.3 Å². The molecule has 0 aliphatic rings. The smallest absolute Gasteiger partial charge is 0.307 e. The molecule has 52 valence electrons. The van der Waals surface area contributed by atoms with Gasteiger partial charge in [0, 0.05) is 13.3 Å². The first-order valence-corrected chi connectivity index (χ1v) is 3.03. The lowest BCUT2D eigenvalue weighted by molar-refractivity contribution is -0.137. The summed E-state index contributed by atoms with van der Waals surface area (Å²) in [5, 5.41) is 0. The lowest BCUT2D eigenvalue weighted by atomic mass is 10.3. The molecule has 0 amide bonds. The van der Waals surface area contributed by atoms with Gasteiger partial charge in [0.2, 0.25) is 0 Å². The molecule has 0 fully saturated rings. The van der Waals surface area contributed by atoms with E-state index in [1.54, 1.807) is 0 Å². The van der Waals surface area contributed by atoms with Crippen LogP contribution in [-0.2, 0) is 9.53 Å². The summed E-state index contributed by atoms with van der Waals surface area (Å²) in [6, 6.07) is 0. The predicted octanol–water partition coefficient (Wildman–Crippen LogP) is 1.86. The van der Waals surface area contributed by atoms with E-state index < -0.39 is 0 Å². The Balaban J connectivity index is 3.39. The predicted molar refractivity (Wildman–Crippen MR) is 35.8 cm³/mol. The number of esters is 1. The molecule has 0 unspecified atom stereocenters. The molecule has 2 nitrogen and oxygen atoms in total. The van der Waals surface area contributed by atoms with Gasteiger partial charge in [0.05, 0.1) is 0 Å². The van der Waals surface area contributed by atoms with Gasteiger partial charge in [-0.3, -0.25) is 4.79 Å². The summed E-state index contributed by atoms with van der Waals surface area (Å²) in [5.41, 5.74) is 0. The number of allylic oxidation sites excluding steroid dienone is 1. The van der Waals surface area contributed by atoms with Crippen molar-refractivity contribution in [1.29, 1.82) is 0 Å². The van der Waals surface area contributed by atoms with Crippen LogP contribution < -0.4 is 0 Å². The highest BCUT2D eigenvalue weighted by atomic mass is 16.5. The highest BCUT2D eigenvalue weighted by Crippen LogP contribution is 2.02. The van der Waals surface area contributed by atoms with Crippen LogP contribution in [-0.4, -0.2) is 5.97 Å². The Bertz CT molecular complexity index is 116. The van der Waals surface area contributed by atoms with Crippen molar-refractivity contribution in [1.82, 2.24) is 0 Å². The molecule has 0 rings (SSSR count). The minimum Gasteiger partial charge on any atom is -0.432 e. The molecule has 0 radical (unpaired) electrons. The van der Waals surface area contributed by atoms with Crippen LogP contribution in [0.1, 0.15) is 26.7 Å². The highest BCUT2D eigenvalue weighted by Gasteiger charge is 1.95. The SMILES string of the molecule is C=C(CCC)OC(C)=O. The number of hydrogen-bond donors (Lipinski definition) is 0. The van der Waals surface area contributed by atoms with Gasteiger partial charge in [-0.25, -0.2) is 0 Å². The molecular formula is C7H12O2. The van der Waals surface area contributed by atoms with E-state index in [4.69, 9.17) is 0 Å². The summed E-state index contributed by atoms with van der Waals surface area (Å²) >= 11 is 0. The van der Waals surface area contributed by atoms with E-state index in [1.807, 2.05) is 6.92 Å². The fraction of sp³-hybridized carbons (Fsp3) is 0.571. The largest absolute Gasteiger partial charge is 0.432 e. The van der Waals surface area contributed by atoms with E-state index in [2.05, 4.69) is 11.3 Å². The Hall–Kier alpha value is -0.790. The summed E-state index contributed by atoms with van der Waals surface area (Å²) in [4.78, 5) is 10.2. The van der Waals surface area contributed by atoms with Gasteiger partial charge < -0.3 is 4.74 Å². The maximum Gasteiger partial charge on any atom is 0.307 e. The molecule has 2 heteroatoms. The molecule has 0 spiro atoms. The van der Waals surface area contributed by atoms with Crippen LogP contribution in [0.5, 0.6) is 0 Å². The van der Waals surface area contributed by atoms with E-state index in [1.165, 1.54) is 6.92 Å². The molecule has 0 N–H and O–H groups in total. The van der Waals surface area contributed by atoms with Crippen molar-refractivity contribution in [2.24, 2.45) is 0 Å². The van der Waals surface area contributed by atoms with Crippen molar-refractivity contribution in [3.8, 4) is 0 Å². The minimum atomic E-state index is -0.284. The minimum absolute atomic E-state index is 0.284. The maximum absolute atomic E-state index is 10.2. The summed E-state index contributed by atoms with van der Waals surface area (Å²) in [5.74, 6) is 0.276. The van der Waals surface area contributed by atoms with Crippen LogP contribution in [0.2, 0.25) is 0 Å². The third kappa shape index (κ3) is 5.07. The molecule has 0 aromatic heterocycles. The Morgan fingerprint density at radius 1 is 1.67 bits per heavy atom. The van der Waals surface area contributed by atoms with Gasteiger partial charge in [0.15, 0.2) is 0 Å². The first kappa shape index (κ1) is 8.21. The van der Waals surface area contributed by atoms with Crippen LogP contribution >= 0.6 is 0 Å². The van der Waals surface area contributed by atoms with Gasteiger partial charge in [0.1, 0.15) is 5.76 Å². The monoisotopic (exact) mass is 128 g/mol. The Kier molecular flexibility index (Phi) is 3.76. The molecule has 0 aromatic carbocycles. The van der Waals surface area contributed by atoms with Crippen molar-refractivity contribution in [2.45, 2.75) is 26.7 Å². The van der Waals surface area contributed by atoms with E-state index >= 15 is 0 Å². The Labute approximate surface area is 55.5 Å². The van der Waals surface area contributed by atoms with Crippen LogP contribution in [0.4, 0.5) is 0 Å². The average Bonchev–Trinajstić information content (AvgIpc) is 1.63. The number of hydrogen-bond acceptors (Lipinski definition) is 2. The first-order valence-electron chi connectivity index (χ1n) is 3.03. The van der Waals surface area contributed by atoms with Gasteiger partial charge in [-0.2, -0.15) is 0 Å². The van der Waals surface area contributed by atoms with Crippen LogP contribution in [0, 0.1) is 0 Å². The van der Waals surface area contributed by atoms with Gasteiger partial charge >= 0.3 is 5.97 Å². The van der Waals surface area contributed by atoms with Gasteiger partial charge in [0.25, 0.3) is 0 Å². The summed E-state index contributed by atoms with van der Waals surface area (Å²) in [6.07, 6.45) is 1.73. The van der Waals surface area contributed by atoms with Crippen LogP contribution in [0.25, 0.3) is 0 Å². The van der Waals surface area contributed by atoms with Crippen LogP contribution in [0.3, 0.4) is 0 Å². The van der Waals surface area contributed by atoms with Crippen molar-refractivity contribution >= 4 is 5.97 Å². The quantitative estimate of drug-likeness (QED) is 0.428. The molecule has 0 bridgehead atoms. The zero-order chi connectivity index (χ0) is 7.28. The van der Waals surface area contributed by atoms with E-state index in [-0.39, 0.29) is 5.97 Å². The molecule has 0 aliphatic carbocycles. The number of ether oxygens (including phenoxy) is 1. The van der Waals surface area contributed by atoms with Crippen molar-refractivity contribution in [3.05, 3.63) is 12.3 Å². The number of carbonyl (C=O) groups is 1. The lowest BCUT2D eigenvalue weighted by Crippen LogP contribution is -1.96. The van der Waals surface area contributed by atoms with E-state index in [9.17, 15) is 4.79 Å². The fourth-order valence-corrected chi connectivity index (χ4v) is 0.533. The summed E-state index contributed by atoms with van der Waals surface area (Å²) < 4.78 is 4.66. The normalized spacial score (nSPS) is 8.67. The Morgan fingerprint density at radius 2 is 2.22 bits per heavy atom. The van der Waals surface area contributed by atoms with Gasteiger partial charge in [-0.05, 0) is 6.42 Å². The zero-order valence-corrected chi connectivity index (χ0v) is 5.94. The third-order valence-electron chi connectivity index (χ3n) is 0.817. The zero-order valence-electron chi connectivity index (χ0n) is 5.94. The van der Waals surface area contributed by atoms with E-state index in [0.717, 1.165) is 12.8 Å². The standard InChI is InChI=1S/C7H12O2/c1-4-5-6(2)9-7(3)8/h2,4-5H2,1,3H3. The van der Waals surface area contributed by atoms with E-state index in [0.29, 0.717) is 5.76 Å². The molecule has 0 aliphatic heterocycles. The fourth-order valence-electron chi connectivity index (χ4n) is 0.533. The molecule has 0 saturated heterocycles. The molecule has 0 heterocycles. The highest BCUT2D eigenvalue weighted by molar-refractivity contribution is 5.67. The average molecular weight is 128 g/mol. The molecule has 9 heavy (non-hydrogen) atoms. The molecule has 0 aromatic rings. The van der Waals surface area contributed by atoms with Crippen molar-refractivity contribution in [3.63, 3.8) is 0 Å². The molecule has 0 saturated carbocycles. The first-order chi connectivity index (χ1) is 4.16. The van der Waals surface area contributed by atoms with Gasteiger partial charge in [-0.15, -0.1) is 0 Å². The number of rotatable bonds is 3. The second-order valence-electron chi connectivity index (χ2n) is 1.88. The third-order valence-corrected chi connectivity index (χ3v) is 0.817. The van der Waals surface area contributed by atoms with Crippen molar-refractivity contribution in [2.75, 3.05) is 0 Å². The topological polar surface area (TPSA) is 26.3 Å². The lowest BCUT2D eigenvalue weighted by Gasteiger charge is -2.00. The second-order valence-corrected chi connectivity index (χ2v) is 1.88. The maximum atomic E-state index is 10.2. The van der Waals surface area contributed by atoms with Gasteiger partial charge in [-0.1, -0.05) is 13.5 Å². The number of carbonyl (C=O) groups excluding carboxylic acids is 1. The second kappa shape index (κ2) is 4.13. The Morgan fingerprint density at radius 3 is 2.56 bits per heavy atom. The molecular weight excluding hydrogens is 116 g/mol. The summed E-state index contributed by atoms with van der Waals surface area (Å²) in [6.45, 7) is 6.93.